The maximum absolute atomic E-state index is 12.8. The molecule has 3 atom stereocenters. The third-order valence-electron chi connectivity index (χ3n) is 5.98. The molecule has 2 amide bonds. The molecule has 1 saturated heterocycles. The van der Waals surface area contributed by atoms with Gasteiger partial charge in [-0.3, -0.25) is 9.59 Å². The van der Waals surface area contributed by atoms with E-state index in [1.807, 2.05) is 30.0 Å². The largest absolute Gasteiger partial charge is 0.336 e. The summed E-state index contributed by atoms with van der Waals surface area (Å²) in [6.07, 6.45) is 6.99. The van der Waals surface area contributed by atoms with Crippen LogP contribution in [-0.4, -0.2) is 35.3 Å². The lowest BCUT2D eigenvalue weighted by Gasteiger charge is -2.33. The van der Waals surface area contributed by atoms with Gasteiger partial charge in [0, 0.05) is 36.3 Å². The smallest absolute Gasteiger partial charge is 0.254 e. The van der Waals surface area contributed by atoms with Crippen LogP contribution in [0.15, 0.2) is 18.2 Å². The average Bonchev–Trinajstić information content (AvgIpc) is 3.01. The normalized spacial score (nSPS) is 25.0. The molecule has 27 heavy (non-hydrogen) atoms. The van der Waals surface area contributed by atoms with Crippen molar-refractivity contribution in [1.29, 1.82) is 0 Å². The number of hydrogen-bond donors (Lipinski definition) is 2. The molecular formula is C21H32ClN3O2. The summed E-state index contributed by atoms with van der Waals surface area (Å²) < 4.78 is 0. The van der Waals surface area contributed by atoms with Crippen LogP contribution < -0.4 is 11.1 Å². The molecule has 1 heterocycles. The highest BCUT2D eigenvalue weighted by atomic mass is 35.5. The lowest BCUT2D eigenvalue weighted by molar-refractivity contribution is -0.117. The number of benzene rings is 1. The zero-order chi connectivity index (χ0) is 18.7. The number of halogens is 1. The molecule has 1 aliphatic heterocycles. The van der Waals surface area contributed by atoms with E-state index < -0.39 is 0 Å². The molecule has 0 radical (unpaired) electrons. The van der Waals surface area contributed by atoms with Crippen LogP contribution in [0, 0.1) is 12.8 Å². The molecule has 2 aliphatic rings. The molecule has 0 spiro atoms. The Morgan fingerprint density at radius 3 is 2.59 bits per heavy atom. The molecule has 1 aliphatic carbocycles. The Morgan fingerprint density at radius 1 is 1.19 bits per heavy atom. The number of carbonyl (C=O) groups is 2. The van der Waals surface area contributed by atoms with Gasteiger partial charge >= 0.3 is 0 Å². The number of nitrogens with one attached hydrogen (secondary N) is 1. The zero-order valence-electron chi connectivity index (χ0n) is 16.4. The Balaban J connectivity index is 0.00000261. The van der Waals surface area contributed by atoms with Crippen molar-refractivity contribution in [2.24, 2.45) is 11.7 Å². The third-order valence-corrected chi connectivity index (χ3v) is 5.98. The number of hydrogen-bond acceptors (Lipinski definition) is 3. The number of amides is 2. The lowest BCUT2D eigenvalue weighted by atomic mass is 9.99. The van der Waals surface area contributed by atoms with Crippen molar-refractivity contribution >= 4 is 29.9 Å². The summed E-state index contributed by atoms with van der Waals surface area (Å²) in [7, 11) is 0. The number of likely N-dealkylation sites (tertiary alicyclic amines) is 1. The van der Waals surface area contributed by atoms with E-state index in [0.717, 1.165) is 49.9 Å². The number of rotatable bonds is 4. The van der Waals surface area contributed by atoms with Crippen LogP contribution in [0.2, 0.25) is 0 Å². The summed E-state index contributed by atoms with van der Waals surface area (Å²) in [6, 6.07) is 6.01. The van der Waals surface area contributed by atoms with Crippen LogP contribution in [0.25, 0.3) is 0 Å². The molecule has 0 bridgehead atoms. The first kappa shape index (κ1) is 21.7. The monoisotopic (exact) mass is 393 g/mol. The van der Waals surface area contributed by atoms with E-state index in [1.165, 1.54) is 6.42 Å². The fourth-order valence-corrected chi connectivity index (χ4v) is 4.26. The Kier molecular flexibility index (Phi) is 7.68. The predicted molar refractivity (Wildman–Crippen MR) is 111 cm³/mol. The Morgan fingerprint density at radius 2 is 1.96 bits per heavy atom. The fourth-order valence-electron chi connectivity index (χ4n) is 4.26. The zero-order valence-corrected chi connectivity index (χ0v) is 17.2. The van der Waals surface area contributed by atoms with Gasteiger partial charge in [0.05, 0.1) is 0 Å². The van der Waals surface area contributed by atoms with Crippen LogP contribution in [0.3, 0.4) is 0 Å². The minimum absolute atomic E-state index is 0. The van der Waals surface area contributed by atoms with Gasteiger partial charge in [-0.05, 0) is 75.6 Å². The SMILES string of the molecule is Cc1cc(C(=O)N2CCCCC2C)ccc1NC(=O)C[C@@H]1CCC[C@H]1N.Cl. The molecule has 1 aromatic rings. The van der Waals surface area contributed by atoms with Crippen molar-refractivity contribution in [2.45, 2.75) is 70.9 Å². The highest BCUT2D eigenvalue weighted by molar-refractivity contribution is 5.96. The number of piperidine rings is 1. The van der Waals surface area contributed by atoms with Gasteiger partial charge in [-0.1, -0.05) is 6.42 Å². The minimum atomic E-state index is 0. The van der Waals surface area contributed by atoms with Gasteiger partial charge in [-0.25, -0.2) is 0 Å². The summed E-state index contributed by atoms with van der Waals surface area (Å²) >= 11 is 0. The quantitative estimate of drug-likeness (QED) is 0.814. The van der Waals surface area contributed by atoms with Gasteiger partial charge in [0.25, 0.3) is 5.91 Å². The van der Waals surface area contributed by atoms with Crippen LogP contribution in [0.5, 0.6) is 0 Å². The van der Waals surface area contributed by atoms with E-state index in [-0.39, 0.29) is 36.2 Å². The first-order chi connectivity index (χ1) is 12.5. The summed E-state index contributed by atoms with van der Waals surface area (Å²) in [4.78, 5) is 27.1. The summed E-state index contributed by atoms with van der Waals surface area (Å²) in [6.45, 7) is 4.89. The molecule has 1 aromatic carbocycles. The Labute approximate surface area is 168 Å². The maximum Gasteiger partial charge on any atom is 0.254 e. The van der Waals surface area contributed by atoms with Gasteiger partial charge in [0.15, 0.2) is 0 Å². The third kappa shape index (κ3) is 5.23. The van der Waals surface area contributed by atoms with Gasteiger partial charge in [-0.15, -0.1) is 12.4 Å². The van der Waals surface area contributed by atoms with E-state index in [4.69, 9.17) is 5.73 Å². The van der Waals surface area contributed by atoms with Gasteiger partial charge < -0.3 is 16.0 Å². The van der Waals surface area contributed by atoms with Gasteiger partial charge in [0.1, 0.15) is 0 Å². The van der Waals surface area contributed by atoms with Crippen molar-refractivity contribution in [3.63, 3.8) is 0 Å². The minimum Gasteiger partial charge on any atom is -0.336 e. The number of aryl methyl sites for hydroxylation is 1. The van der Waals surface area contributed by atoms with E-state index in [2.05, 4.69) is 12.2 Å². The average molecular weight is 394 g/mol. The second-order valence-corrected chi connectivity index (χ2v) is 7.98. The molecule has 1 unspecified atom stereocenters. The number of carbonyl (C=O) groups excluding carboxylic acids is 2. The van der Waals surface area contributed by atoms with Crippen molar-refractivity contribution in [1.82, 2.24) is 4.90 Å². The molecule has 0 aromatic heterocycles. The molecule has 3 rings (SSSR count). The summed E-state index contributed by atoms with van der Waals surface area (Å²) in [5, 5.41) is 2.99. The number of nitrogens with two attached hydrogens (primary N) is 1. The highest BCUT2D eigenvalue weighted by Gasteiger charge is 2.27. The summed E-state index contributed by atoms with van der Waals surface area (Å²) in [5.74, 6) is 0.394. The molecule has 3 N–H and O–H groups in total. The molecule has 150 valence electrons. The molecule has 6 heteroatoms. The Bertz CT molecular complexity index is 679. The van der Waals surface area contributed by atoms with Crippen molar-refractivity contribution < 1.29 is 9.59 Å². The second-order valence-electron chi connectivity index (χ2n) is 7.98. The highest BCUT2D eigenvalue weighted by Crippen LogP contribution is 2.28. The van der Waals surface area contributed by atoms with Crippen LogP contribution in [-0.2, 0) is 4.79 Å². The summed E-state index contributed by atoms with van der Waals surface area (Å²) in [5.41, 5.74) is 8.47. The van der Waals surface area contributed by atoms with E-state index >= 15 is 0 Å². The molecular weight excluding hydrogens is 362 g/mol. The first-order valence-electron chi connectivity index (χ1n) is 9.92. The van der Waals surface area contributed by atoms with Crippen molar-refractivity contribution in [3.8, 4) is 0 Å². The number of anilines is 1. The van der Waals surface area contributed by atoms with E-state index in [0.29, 0.717) is 18.0 Å². The molecule has 2 fully saturated rings. The lowest BCUT2D eigenvalue weighted by Crippen LogP contribution is -2.42. The predicted octanol–water partition coefficient (Wildman–Crippen LogP) is 3.89. The van der Waals surface area contributed by atoms with Crippen LogP contribution in [0.4, 0.5) is 5.69 Å². The van der Waals surface area contributed by atoms with Crippen LogP contribution >= 0.6 is 12.4 Å². The molecule has 5 nitrogen and oxygen atoms in total. The van der Waals surface area contributed by atoms with Crippen LogP contribution in [0.1, 0.15) is 67.8 Å². The maximum atomic E-state index is 12.8. The standard InChI is InChI=1S/C21H31N3O2.ClH/c1-14-12-17(21(26)24-11-4-3-6-15(24)2)9-10-19(14)23-20(25)13-16-7-5-8-18(16)22;/h9-10,12,15-16,18H,3-8,11,13,22H2,1-2H3,(H,23,25);1H/t15?,16-,18+;/m0./s1. The van der Waals surface area contributed by atoms with Gasteiger partial charge in [-0.2, -0.15) is 0 Å². The Hall–Kier alpha value is -1.59. The van der Waals surface area contributed by atoms with Gasteiger partial charge in [0.2, 0.25) is 5.91 Å². The van der Waals surface area contributed by atoms with Crippen molar-refractivity contribution in [3.05, 3.63) is 29.3 Å². The van der Waals surface area contributed by atoms with Crippen molar-refractivity contribution in [2.75, 3.05) is 11.9 Å². The van der Waals surface area contributed by atoms with E-state index in [1.54, 1.807) is 0 Å². The molecule has 1 saturated carbocycles. The topological polar surface area (TPSA) is 75.4 Å². The number of nitrogens with zero attached hydrogens (tertiary/aromatic N) is 1. The van der Waals surface area contributed by atoms with E-state index in [9.17, 15) is 9.59 Å². The first-order valence-corrected chi connectivity index (χ1v) is 9.92. The fraction of sp³-hybridized carbons (Fsp3) is 0.619. The second kappa shape index (κ2) is 9.56.